The van der Waals surface area contributed by atoms with Crippen molar-refractivity contribution in [3.05, 3.63) is 109 Å². The number of aromatic nitrogens is 2. The summed E-state index contributed by atoms with van der Waals surface area (Å²) >= 11 is 0. The molecule has 0 saturated carbocycles. The van der Waals surface area contributed by atoms with Gasteiger partial charge in [0.05, 0.1) is 11.9 Å². The lowest BCUT2D eigenvalue weighted by molar-refractivity contribution is -0.137. The van der Waals surface area contributed by atoms with Gasteiger partial charge in [-0.1, -0.05) is 84.9 Å². The van der Waals surface area contributed by atoms with E-state index in [2.05, 4.69) is 27.8 Å². The predicted molar refractivity (Wildman–Crippen MR) is 181 cm³/mol. The molecular formula is C37H44N6O3. The van der Waals surface area contributed by atoms with Crippen molar-refractivity contribution in [1.82, 2.24) is 19.8 Å². The number of aryl methyl sites for hydroxylation is 1. The average molecular weight is 621 g/mol. The van der Waals surface area contributed by atoms with Gasteiger partial charge < -0.3 is 25.8 Å². The van der Waals surface area contributed by atoms with Crippen LogP contribution in [0.2, 0.25) is 0 Å². The van der Waals surface area contributed by atoms with Gasteiger partial charge in [0.1, 0.15) is 11.6 Å². The van der Waals surface area contributed by atoms with Crippen LogP contribution in [0.3, 0.4) is 0 Å². The van der Waals surface area contributed by atoms with E-state index < -0.39 is 28.9 Å². The fourth-order valence-electron chi connectivity index (χ4n) is 5.84. The summed E-state index contributed by atoms with van der Waals surface area (Å²) in [7, 11) is 0. The minimum Gasteiger partial charge on any atom is -0.343 e. The van der Waals surface area contributed by atoms with Crippen molar-refractivity contribution in [3.8, 4) is 11.1 Å². The smallest absolute Gasteiger partial charge is 0.253 e. The van der Waals surface area contributed by atoms with Gasteiger partial charge in [-0.15, -0.1) is 0 Å². The molecule has 46 heavy (non-hydrogen) atoms. The van der Waals surface area contributed by atoms with Crippen LogP contribution in [0.25, 0.3) is 11.1 Å². The molecule has 9 nitrogen and oxygen atoms in total. The first-order valence-electron chi connectivity index (χ1n) is 16.0. The van der Waals surface area contributed by atoms with Gasteiger partial charge in [-0.25, -0.2) is 4.98 Å². The normalized spacial score (nSPS) is 15.2. The molecule has 1 fully saturated rings. The first-order chi connectivity index (χ1) is 22.1. The molecule has 0 radical (unpaired) electrons. The number of nitrogens with one attached hydrogen (secondary N) is 2. The van der Waals surface area contributed by atoms with E-state index in [4.69, 9.17) is 5.73 Å². The highest BCUT2D eigenvalue weighted by Gasteiger charge is 2.41. The van der Waals surface area contributed by atoms with Gasteiger partial charge in [0.15, 0.2) is 5.82 Å². The molecule has 1 aromatic heterocycles. The third-order valence-electron chi connectivity index (χ3n) is 8.72. The third-order valence-corrected chi connectivity index (χ3v) is 8.72. The summed E-state index contributed by atoms with van der Waals surface area (Å²) < 4.78 is 1.77. The van der Waals surface area contributed by atoms with Gasteiger partial charge in [-0.3, -0.25) is 14.4 Å². The Morgan fingerprint density at radius 2 is 1.48 bits per heavy atom. The molecule has 3 aromatic carbocycles. The van der Waals surface area contributed by atoms with Crippen LogP contribution in [0.4, 0.5) is 5.82 Å². The Kier molecular flexibility index (Phi) is 10.0. The molecular weight excluding hydrogens is 576 g/mol. The predicted octanol–water partition coefficient (Wildman–Crippen LogP) is 5.12. The van der Waals surface area contributed by atoms with Crippen molar-refractivity contribution in [1.29, 1.82) is 0 Å². The largest absolute Gasteiger partial charge is 0.343 e. The summed E-state index contributed by atoms with van der Waals surface area (Å²) in [5, 5.41) is 5.71. The lowest BCUT2D eigenvalue weighted by Gasteiger charge is -2.34. The second-order valence-corrected chi connectivity index (χ2v) is 12.8. The Morgan fingerprint density at radius 1 is 0.870 bits per heavy atom. The van der Waals surface area contributed by atoms with Crippen molar-refractivity contribution in [2.75, 3.05) is 18.4 Å². The summed E-state index contributed by atoms with van der Waals surface area (Å²) in [6, 6.07) is 27.3. The van der Waals surface area contributed by atoms with Gasteiger partial charge >= 0.3 is 0 Å². The highest BCUT2D eigenvalue weighted by molar-refractivity contribution is 5.98. The minimum atomic E-state index is -1.15. The quantitative estimate of drug-likeness (QED) is 0.203. The van der Waals surface area contributed by atoms with Crippen molar-refractivity contribution in [2.24, 2.45) is 5.73 Å². The lowest BCUT2D eigenvalue weighted by Crippen LogP contribution is -2.54. The van der Waals surface area contributed by atoms with E-state index >= 15 is 0 Å². The van der Waals surface area contributed by atoms with Crippen LogP contribution >= 0.6 is 0 Å². The molecule has 240 valence electrons. The molecule has 4 N–H and O–H groups in total. The van der Waals surface area contributed by atoms with E-state index in [1.54, 1.807) is 30.9 Å². The number of rotatable bonds is 12. The number of nitrogens with two attached hydrogens (primary N) is 1. The van der Waals surface area contributed by atoms with Gasteiger partial charge in [0.2, 0.25) is 11.8 Å². The standard InChI is InChI=1S/C37H44N6O3/c1-36(2,38)34(45)40-31(18-12-15-27-13-6-4-7-14-27)33(44)41-32-25-43(26-39-32)37(3,35(46)42-23-10-11-24-42)30-21-19-29(20-22-30)28-16-8-5-9-17-28/h4-9,13-14,16-17,19-22,25-26,31H,10-12,15,18,23-24,38H2,1-3H3,(H,40,45)(H,41,44)/t31-,37?/m1/s1. The van der Waals surface area contributed by atoms with Crippen LogP contribution in [0.1, 0.15) is 57.6 Å². The monoisotopic (exact) mass is 620 g/mol. The fourth-order valence-corrected chi connectivity index (χ4v) is 5.84. The molecule has 2 atom stereocenters. The number of anilines is 1. The number of likely N-dealkylation sites (tertiary alicyclic amines) is 1. The number of imidazole rings is 1. The van der Waals surface area contributed by atoms with Gasteiger partial charge in [0.25, 0.3) is 5.91 Å². The summed E-state index contributed by atoms with van der Waals surface area (Å²) in [4.78, 5) is 46.9. The highest BCUT2D eigenvalue weighted by Crippen LogP contribution is 2.33. The summed E-state index contributed by atoms with van der Waals surface area (Å²) in [5.41, 5.74) is 7.92. The number of benzene rings is 3. The Hall–Kier alpha value is -4.76. The Balaban J connectivity index is 1.38. The van der Waals surface area contributed by atoms with E-state index in [0.717, 1.165) is 41.5 Å². The maximum atomic E-state index is 14.1. The number of hydrogen-bond donors (Lipinski definition) is 3. The topological polar surface area (TPSA) is 122 Å². The second kappa shape index (κ2) is 14.1. The molecule has 0 aliphatic carbocycles. The van der Waals surface area contributed by atoms with Gasteiger partial charge in [-0.05, 0) is 75.1 Å². The van der Waals surface area contributed by atoms with Crippen molar-refractivity contribution >= 4 is 23.5 Å². The fraction of sp³-hybridized carbons (Fsp3) is 0.351. The van der Waals surface area contributed by atoms with Crippen LogP contribution in [-0.4, -0.2) is 56.8 Å². The lowest BCUT2D eigenvalue weighted by atomic mass is 9.88. The molecule has 9 heteroatoms. The SMILES string of the molecule is CC(C)(N)C(=O)N[C@H](CCCc1ccccc1)C(=O)Nc1cn(C(C)(C(=O)N2CCCC2)c2ccc(-c3ccccc3)cc2)cn1. The number of carbonyl (C=O) groups excluding carboxylic acids is 3. The average Bonchev–Trinajstić information content (AvgIpc) is 3.77. The second-order valence-electron chi connectivity index (χ2n) is 12.8. The molecule has 0 bridgehead atoms. The molecule has 1 aliphatic rings. The summed E-state index contributed by atoms with van der Waals surface area (Å²) in [5.74, 6) is -0.541. The number of amides is 3. The van der Waals surface area contributed by atoms with Crippen molar-refractivity contribution < 1.29 is 14.4 Å². The molecule has 1 aliphatic heterocycles. The van der Waals surface area contributed by atoms with E-state index in [9.17, 15) is 14.4 Å². The maximum absolute atomic E-state index is 14.1. The molecule has 1 unspecified atom stereocenters. The Labute approximate surface area is 271 Å². The van der Waals surface area contributed by atoms with E-state index in [-0.39, 0.29) is 5.91 Å². The van der Waals surface area contributed by atoms with E-state index in [1.807, 2.05) is 84.6 Å². The molecule has 4 aromatic rings. The van der Waals surface area contributed by atoms with Crippen LogP contribution in [-0.2, 0) is 26.3 Å². The highest BCUT2D eigenvalue weighted by atomic mass is 16.2. The van der Waals surface area contributed by atoms with Crippen molar-refractivity contribution in [2.45, 2.75) is 70.0 Å². The third kappa shape index (κ3) is 7.54. The summed E-state index contributed by atoms with van der Waals surface area (Å²) in [6.45, 7) is 6.52. The molecule has 5 rings (SSSR count). The number of carbonyl (C=O) groups is 3. The van der Waals surface area contributed by atoms with Crippen LogP contribution in [0, 0.1) is 0 Å². The summed E-state index contributed by atoms with van der Waals surface area (Å²) in [6.07, 6.45) is 7.08. The molecule has 3 amide bonds. The van der Waals surface area contributed by atoms with Crippen molar-refractivity contribution in [3.63, 3.8) is 0 Å². The maximum Gasteiger partial charge on any atom is 0.253 e. The zero-order valence-corrected chi connectivity index (χ0v) is 26.9. The van der Waals surface area contributed by atoms with E-state index in [1.165, 1.54) is 0 Å². The molecule has 0 spiro atoms. The number of hydrogen-bond acceptors (Lipinski definition) is 5. The first kappa shape index (κ1) is 32.6. The zero-order valence-electron chi connectivity index (χ0n) is 26.9. The minimum absolute atomic E-state index is 0.0241. The van der Waals surface area contributed by atoms with E-state index in [0.29, 0.717) is 31.7 Å². The van der Waals surface area contributed by atoms with Crippen LogP contribution in [0.5, 0.6) is 0 Å². The first-order valence-corrected chi connectivity index (χ1v) is 16.0. The zero-order chi connectivity index (χ0) is 32.7. The number of nitrogens with zero attached hydrogens (tertiary/aromatic N) is 3. The molecule has 1 saturated heterocycles. The van der Waals surface area contributed by atoms with Crippen LogP contribution < -0.4 is 16.4 Å². The van der Waals surface area contributed by atoms with Gasteiger partial charge in [0, 0.05) is 19.3 Å². The Bertz CT molecular complexity index is 1620. The Morgan fingerprint density at radius 3 is 2.11 bits per heavy atom. The molecule has 2 heterocycles. The van der Waals surface area contributed by atoms with Gasteiger partial charge in [-0.2, -0.15) is 0 Å². The van der Waals surface area contributed by atoms with Crippen LogP contribution in [0.15, 0.2) is 97.5 Å².